The molecule has 1 atom stereocenters. The van der Waals surface area contributed by atoms with E-state index >= 15 is 0 Å². The van der Waals surface area contributed by atoms with Crippen molar-refractivity contribution in [2.24, 2.45) is 0 Å². The van der Waals surface area contributed by atoms with Crippen LogP contribution in [0.5, 0.6) is 0 Å². The molecule has 4 aromatic rings. The van der Waals surface area contributed by atoms with Crippen molar-refractivity contribution in [2.45, 2.75) is 13.0 Å². The summed E-state index contributed by atoms with van der Waals surface area (Å²) in [5.41, 5.74) is 5.15. The average molecular weight is 444 g/mol. The second-order valence-electron chi connectivity index (χ2n) is 7.11. The fourth-order valence-corrected chi connectivity index (χ4v) is 4.41. The van der Waals surface area contributed by atoms with Crippen LogP contribution < -0.4 is 5.32 Å². The molecule has 0 aliphatic carbocycles. The molecule has 0 spiro atoms. The van der Waals surface area contributed by atoms with Crippen LogP contribution in [-0.4, -0.2) is 15.3 Å². The lowest BCUT2D eigenvalue weighted by Gasteiger charge is -2.31. The molecule has 0 unspecified atom stereocenters. The van der Waals surface area contributed by atoms with Gasteiger partial charge in [-0.1, -0.05) is 70.5 Å². The third kappa shape index (κ3) is 2.98. The first-order chi connectivity index (χ1) is 14.1. The number of anilines is 1. The SMILES string of the molecule is CC1=C(C(=O)c2ccccc2)[C@@H](c2cccc(Br)c2)n2c(nc3ccccc32)N1. The van der Waals surface area contributed by atoms with E-state index in [0.29, 0.717) is 5.56 Å². The molecular weight excluding hydrogens is 426 g/mol. The van der Waals surface area contributed by atoms with Crippen LogP contribution >= 0.6 is 15.9 Å². The van der Waals surface area contributed by atoms with Gasteiger partial charge >= 0.3 is 0 Å². The topological polar surface area (TPSA) is 46.9 Å². The monoisotopic (exact) mass is 443 g/mol. The first-order valence-electron chi connectivity index (χ1n) is 9.43. The van der Waals surface area contributed by atoms with Gasteiger partial charge in [-0.3, -0.25) is 9.36 Å². The summed E-state index contributed by atoms with van der Waals surface area (Å²) in [5, 5.41) is 3.36. The Morgan fingerprint density at radius 3 is 2.55 bits per heavy atom. The lowest BCUT2D eigenvalue weighted by atomic mass is 9.89. The van der Waals surface area contributed by atoms with E-state index in [9.17, 15) is 4.79 Å². The first kappa shape index (κ1) is 17.9. The zero-order chi connectivity index (χ0) is 20.0. The van der Waals surface area contributed by atoms with Crippen LogP contribution in [0, 0.1) is 0 Å². The van der Waals surface area contributed by atoms with Gasteiger partial charge in [0.05, 0.1) is 17.1 Å². The van der Waals surface area contributed by atoms with E-state index in [1.807, 2.05) is 73.7 Å². The number of hydrogen-bond donors (Lipinski definition) is 1. The third-order valence-corrected chi connectivity index (χ3v) is 5.77. The average Bonchev–Trinajstić information content (AvgIpc) is 3.10. The number of Topliss-reactive ketones (excluding diaryl/α,β-unsaturated/α-hetero) is 1. The lowest BCUT2D eigenvalue weighted by molar-refractivity contribution is 0.102. The van der Waals surface area contributed by atoms with Gasteiger partial charge in [-0.15, -0.1) is 0 Å². The zero-order valence-corrected chi connectivity index (χ0v) is 17.3. The number of imidazole rings is 1. The summed E-state index contributed by atoms with van der Waals surface area (Å²) in [6.45, 7) is 1.95. The number of nitrogens with zero attached hydrogens (tertiary/aromatic N) is 2. The molecule has 0 saturated carbocycles. The van der Waals surface area contributed by atoms with E-state index in [-0.39, 0.29) is 11.8 Å². The largest absolute Gasteiger partial charge is 0.329 e. The van der Waals surface area contributed by atoms with Gasteiger partial charge in [0.25, 0.3) is 0 Å². The maximum absolute atomic E-state index is 13.6. The Labute approximate surface area is 177 Å². The van der Waals surface area contributed by atoms with Gasteiger partial charge in [-0.25, -0.2) is 4.98 Å². The molecule has 0 saturated heterocycles. The van der Waals surface area contributed by atoms with Crippen LogP contribution in [0.1, 0.15) is 28.9 Å². The summed E-state index contributed by atoms with van der Waals surface area (Å²) in [6, 6.07) is 25.3. The molecule has 5 heteroatoms. The molecule has 1 aliphatic rings. The molecule has 1 N–H and O–H groups in total. The summed E-state index contributed by atoms with van der Waals surface area (Å²) in [4.78, 5) is 18.4. The quantitative estimate of drug-likeness (QED) is 0.396. The van der Waals surface area contributed by atoms with Crippen LogP contribution in [0.4, 0.5) is 5.95 Å². The number of hydrogen-bond acceptors (Lipinski definition) is 3. The lowest BCUT2D eigenvalue weighted by Crippen LogP contribution is -2.28. The normalized spacial score (nSPS) is 15.9. The van der Waals surface area contributed by atoms with Crippen LogP contribution in [0.2, 0.25) is 0 Å². The molecule has 1 aliphatic heterocycles. The van der Waals surface area contributed by atoms with Crippen LogP contribution in [0.25, 0.3) is 11.0 Å². The fraction of sp³-hybridized carbons (Fsp3) is 0.0833. The Balaban J connectivity index is 1.78. The standard InChI is InChI=1S/C24H18BrN3O/c1-15-21(23(29)16-8-3-2-4-9-16)22(17-10-7-11-18(25)14-17)28-20-13-6-5-12-19(20)27-24(28)26-15/h2-14,22H,1H3,(H,26,27)/t22-/m1/s1. The van der Waals surface area contributed by atoms with Gasteiger partial charge in [0.2, 0.25) is 5.95 Å². The highest BCUT2D eigenvalue weighted by Crippen LogP contribution is 2.40. The number of carbonyl (C=O) groups is 1. The number of aromatic nitrogens is 2. The Morgan fingerprint density at radius 1 is 1.00 bits per heavy atom. The number of para-hydroxylation sites is 2. The number of benzene rings is 3. The predicted octanol–water partition coefficient (Wildman–Crippen LogP) is 5.97. The smallest absolute Gasteiger partial charge is 0.209 e. The van der Waals surface area contributed by atoms with Crippen LogP contribution in [0.15, 0.2) is 94.6 Å². The number of nitrogens with one attached hydrogen (secondary N) is 1. The molecule has 3 aromatic carbocycles. The zero-order valence-electron chi connectivity index (χ0n) is 15.8. The van der Waals surface area contributed by atoms with E-state index in [0.717, 1.165) is 38.3 Å². The molecule has 2 heterocycles. The Bertz CT molecular complexity index is 1270. The van der Waals surface area contributed by atoms with E-state index in [4.69, 9.17) is 4.98 Å². The van der Waals surface area contributed by atoms with Gasteiger partial charge in [0, 0.05) is 21.3 Å². The molecule has 0 bridgehead atoms. The van der Waals surface area contributed by atoms with Crippen molar-refractivity contribution in [1.82, 2.24) is 9.55 Å². The molecular formula is C24H18BrN3O. The van der Waals surface area contributed by atoms with E-state index in [2.05, 4.69) is 37.9 Å². The number of allylic oxidation sites excluding steroid dienone is 2. The Morgan fingerprint density at radius 2 is 1.76 bits per heavy atom. The summed E-state index contributed by atoms with van der Waals surface area (Å²) >= 11 is 3.58. The van der Waals surface area contributed by atoms with Crippen LogP contribution in [-0.2, 0) is 0 Å². The number of rotatable bonds is 3. The predicted molar refractivity (Wildman–Crippen MR) is 119 cm³/mol. The Hall–Kier alpha value is -3.18. The van der Waals surface area contributed by atoms with Crippen molar-refractivity contribution < 1.29 is 4.79 Å². The molecule has 1 aromatic heterocycles. The van der Waals surface area contributed by atoms with Crippen molar-refractivity contribution in [3.63, 3.8) is 0 Å². The summed E-state index contributed by atoms with van der Waals surface area (Å²) in [6.07, 6.45) is 0. The highest BCUT2D eigenvalue weighted by atomic mass is 79.9. The second kappa shape index (κ2) is 7.01. The fourth-order valence-electron chi connectivity index (χ4n) is 4.00. The number of carbonyl (C=O) groups excluding carboxylic acids is 1. The number of fused-ring (bicyclic) bond motifs is 3. The van der Waals surface area contributed by atoms with Crippen LogP contribution in [0.3, 0.4) is 0 Å². The molecule has 4 nitrogen and oxygen atoms in total. The van der Waals surface area contributed by atoms with Gasteiger partial charge in [0.1, 0.15) is 0 Å². The maximum atomic E-state index is 13.6. The van der Waals surface area contributed by atoms with E-state index in [1.54, 1.807) is 0 Å². The van der Waals surface area contributed by atoms with Gasteiger partial charge in [-0.05, 0) is 36.8 Å². The third-order valence-electron chi connectivity index (χ3n) is 5.28. The molecule has 29 heavy (non-hydrogen) atoms. The van der Waals surface area contributed by atoms with Gasteiger partial charge in [0.15, 0.2) is 5.78 Å². The number of halogens is 1. The number of ketones is 1. The Kier molecular flexibility index (Phi) is 4.32. The maximum Gasteiger partial charge on any atom is 0.209 e. The van der Waals surface area contributed by atoms with Crippen molar-refractivity contribution in [3.05, 3.63) is 106 Å². The summed E-state index contributed by atoms with van der Waals surface area (Å²) in [5.74, 6) is 0.766. The van der Waals surface area contributed by atoms with Crippen molar-refractivity contribution in [2.75, 3.05) is 5.32 Å². The van der Waals surface area contributed by atoms with Gasteiger partial charge < -0.3 is 5.32 Å². The van der Waals surface area contributed by atoms with Crippen molar-refractivity contribution in [3.8, 4) is 0 Å². The summed E-state index contributed by atoms with van der Waals surface area (Å²) < 4.78 is 3.10. The van der Waals surface area contributed by atoms with Gasteiger partial charge in [-0.2, -0.15) is 0 Å². The van der Waals surface area contributed by atoms with E-state index in [1.165, 1.54) is 0 Å². The molecule has 5 rings (SSSR count). The second-order valence-corrected chi connectivity index (χ2v) is 8.03. The summed E-state index contributed by atoms with van der Waals surface area (Å²) in [7, 11) is 0. The minimum absolute atomic E-state index is 0.0176. The highest BCUT2D eigenvalue weighted by molar-refractivity contribution is 9.10. The van der Waals surface area contributed by atoms with Crippen molar-refractivity contribution in [1.29, 1.82) is 0 Å². The molecule has 0 fully saturated rings. The minimum Gasteiger partial charge on any atom is -0.329 e. The molecule has 0 amide bonds. The van der Waals surface area contributed by atoms with Crippen molar-refractivity contribution >= 4 is 38.7 Å². The molecule has 142 valence electrons. The van der Waals surface area contributed by atoms with E-state index < -0.39 is 0 Å². The first-order valence-corrected chi connectivity index (χ1v) is 10.2. The minimum atomic E-state index is -0.274. The molecule has 0 radical (unpaired) electrons. The highest BCUT2D eigenvalue weighted by Gasteiger charge is 2.34.